The van der Waals surface area contributed by atoms with Gasteiger partial charge in [0.1, 0.15) is 11.8 Å². The van der Waals surface area contributed by atoms with E-state index in [0.29, 0.717) is 0 Å². The minimum atomic E-state index is -0.873. The number of anilines is 2. The Balaban J connectivity index is 2.90. The largest absolute Gasteiger partial charge is 0.461 e. The highest BCUT2D eigenvalue weighted by molar-refractivity contribution is 6.43. The van der Waals surface area contributed by atoms with E-state index in [4.69, 9.17) is 5.26 Å². The molecule has 0 fully saturated rings. The van der Waals surface area contributed by atoms with Crippen molar-refractivity contribution in [3.05, 3.63) is 34.4 Å². The van der Waals surface area contributed by atoms with E-state index >= 15 is 0 Å². The van der Waals surface area contributed by atoms with Gasteiger partial charge in [0.05, 0.1) is 12.3 Å². The maximum absolute atomic E-state index is 11.3. The molecule has 0 heterocycles. The third-order valence-corrected chi connectivity index (χ3v) is 2.00. The maximum Gasteiger partial charge on any atom is 0.369 e. The number of carbonyl (C=O) groups excluding carboxylic acids is 1. The van der Waals surface area contributed by atoms with Crippen molar-refractivity contribution in [3.8, 4) is 6.07 Å². The van der Waals surface area contributed by atoms with Crippen LogP contribution in [0.3, 0.4) is 0 Å². The highest BCUT2D eigenvalue weighted by Crippen LogP contribution is 2.20. The predicted molar refractivity (Wildman–Crippen MR) is 70.4 cm³/mol. The molecule has 0 saturated heterocycles. The fraction of sp³-hybridized carbons (Fsp3) is 0.182. The zero-order chi connectivity index (χ0) is 15.0. The number of rotatable bonds is 6. The number of para-hydroxylation sites is 2. The molecule has 1 rings (SSSR count). The third-order valence-electron chi connectivity index (χ3n) is 2.00. The monoisotopic (exact) mass is 277 g/mol. The zero-order valence-corrected chi connectivity index (χ0v) is 10.5. The van der Waals surface area contributed by atoms with E-state index in [9.17, 15) is 14.9 Å². The summed E-state index contributed by atoms with van der Waals surface area (Å²) in [6, 6.07) is 7.70. The Hall–Kier alpha value is -3.15. The molecule has 1 aromatic rings. The number of benzene rings is 1. The van der Waals surface area contributed by atoms with Crippen LogP contribution in [0.4, 0.5) is 11.4 Å². The number of hydrazone groups is 1. The van der Waals surface area contributed by atoms with E-state index in [-0.39, 0.29) is 18.0 Å². The first-order chi connectivity index (χ1) is 9.58. The molecular formula is C11H11N5O4. The van der Waals surface area contributed by atoms with Crippen LogP contribution in [0.25, 0.3) is 0 Å². The van der Waals surface area contributed by atoms with Gasteiger partial charge in [0, 0.05) is 0 Å². The molecule has 9 nitrogen and oxygen atoms in total. The Morgan fingerprint density at radius 1 is 1.50 bits per heavy atom. The molecule has 0 radical (unpaired) electrons. The molecule has 0 spiro atoms. The van der Waals surface area contributed by atoms with Gasteiger partial charge >= 0.3 is 5.97 Å². The molecule has 1 aromatic carbocycles. The summed E-state index contributed by atoms with van der Waals surface area (Å²) in [6.45, 7) is 1.70. The van der Waals surface area contributed by atoms with Crippen molar-refractivity contribution in [1.82, 2.24) is 0 Å². The van der Waals surface area contributed by atoms with Gasteiger partial charge in [-0.2, -0.15) is 10.4 Å². The molecule has 0 aliphatic heterocycles. The number of hydrazine groups is 1. The lowest BCUT2D eigenvalue weighted by molar-refractivity contribution is -0.445. The fourth-order valence-electron chi connectivity index (χ4n) is 1.21. The van der Waals surface area contributed by atoms with Crippen molar-refractivity contribution in [1.29, 1.82) is 5.26 Å². The molecule has 0 atom stereocenters. The summed E-state index contributed by atoms with van der Waals surface area (Å²) in [7, 11) is 0. The summed E-state index contributed by atoms with van der Waals surface area (Å²) in [6.07, 6.45) is 0. The van der Waals surface area contributed by atoms with Crippen LogP contribution in [-0.4, -0.2) is 23.3 Å². The Morgan fingerprint density at radius 2 is 2.15 bits per heavy atom. The smallest absolute Gasteiger partial charge is 0.369 e. The van der Waals surface area contributed by atoms with Gasteiger partial charge in [-0.3, -0.25) is 5.43 Å². The second kappa shape index (κ2) is 7.32. The molecule has 0 amide bonds. The molecule has 2 N–H and O–H groups in total. The number of nitrogens with one attached hydrogen (secondary N) is 2. The maximum atomic E-state index is 11.3. The van der Waals surface area contributed by atoms with Gasteiger partial charge in [-0.1, -0.05) is 12.1 Å². The zero-order valence-electron chi connectivity index (χ0n) is 10.5. The average molecular weight is 277 g/mol. The molecule has 0 aromatic heterocycles. The van der Waals surface area contributed by atoms with Crippen LogP contribution in [0.15, 0.2) is 29.4 Å². The number of ether oxygens (including phenoxy) is 1. The van der Waals surface area contributed by atoms with E-state index in [1.807, 2.05) is 5.43 Å². The SMILES string of the molecule is CCOC(=O)/C(C#N)=N\Nc1ccccc1N[N+](=O)[O-]. The topological polar surface area (TPSA) is 130 Å². The number of nitriles is 1. The lowest BCUT2D eigenvalue weighted by Gasteiger charge is -2.05. The highest BCUT2D eigenvalue weighted by Gasteiger charge is 2.12. The first kappa shape index (κ1) is 14.9. The standard InChI is InChI=1S/C11H11N5O4/c1-2-20-11(17)10(7-12)14-13-8-5-3-4-6-9(8)15-16(18)19/h3-6,13,15H,2H2,1H3/b14-10-. The van der Waals surface area contributed by atoms with Crippen molar-refractivity contribution in [2.45, 2.75) is 6.92 Å². The van der Waals surface area contributed by atoms with E-state index in [0.717, 1.165) is 0 Å². The van der Waals surface area contributed by atoms with E-state index in [1.165, 1.54) is 12.1 Å². The van der Waals surface area contributed by atoms with Gasteiger partial charge in [0.2, 0.25) is 5.71 Å². The van der Waals surface area contributed by atoms with Gasteiger partial charge < -0.3 is 4.74 Å². The number of hydrogen-bond donors (Lipinski definition) is 2. The molecule has 0 bridgehead atoms. The van der Waals surface area contributed by atoms with Crippen LogP contribution in [0.1, 0.15) is 6.92 Å². The van der Waals surface area contributed by atoms with Crippen molar-refractivity contribution in [3.63, 3.8) is 0 Å². The highest BCUT2D eigenvalue weighted by atomic mass is 16.7. The van der Waals surface area contributed by atoms with E-state index in [1.54, 1.807) is 25.1 Å². The average Bonchev–Trinajstić information content (AvgIpc) is 2.41. The summed E-state index contributed by atoms with van der Waals surface area (Å²) < 4.78 is 4.62. The van der Waals surface area contributed by atoms with Crippen LogP contribution in [0.5, 0.6) is 0 Å². The minimum Gasteiger partial charge on any atom is -0.461 e. The summed E-state index contributed by atoms with van der Waals surface area (Å²) in [4.78, 5) is 21.7. The molecule has 0 aliphatic rings. The summed E-state index contributed by atoms with van der Waals surface area (Å²) in [5.74, 6) is -0.873. The van der Waals surface area contributed by atoms with Crippen LogP contribution >= 0.6 is 0 Å². The molecule has 104 valence electrons. The van der Waals surface area contributed by atoms with Gasteiger partial charge in [0.25, 0.3) is 0 Å². The van der Waals surface area contributed by atoms with Crippen LogP contribution in [0.2, 0.25) is 0 Å². The van der Waals surface area contributed by atoms with Gasteiger partial charge in [-0.25, -0.2) is 14.9 Å². The summed E-state index contributed by atoms with van der Waals surface area (Å²) in [5, 5.41) is 22.0. The number of nitro groups is 1. The van der Waals surface area contributed by atoms with E-state index in [2.05, 4.69) is 15.3 Å². The Morgan fingerprint density at radius 3 is 2.70 bits per heavy atom. The molecule has 9 heteroatoms. The Labute approximate surface area is 114 Å². The fourth-order valence-corrected chi connectivity index (χ4v) is 1.21. The lowest BCUT2D eigenvalue weighted by Crippen LogP contribution is -2.17. The van der Waals surface area contributed by atoms with Crippen LogP contribution in [0, 0.1) is 21.4 Å². The normalized spacial score (nSPS) is 10.3. The minimum absolute atomic E-state index is 0.110. The molecule has 0 unspecified atom stereocenters. The van der Waals surface area contributed by atoms with E-state index < -0.39 is 16.7 Å². The Kier molecular flexibility index (Phi) is 5.46. The summed E-state index contributed by atoms with van der Waals surface area (Å²) >= 11 is 0. The van der Waals surface area contributed by atoms with Crippen LogP contribution in [-0.2, 0) is 9.53 Å². The quantitative estimate of drug-likeness (QED) is 0.345. The predicted octanol–water partition coefficient (Wildman–Crippen LogP) is 1.14. The van der Waals surface area contributed by atoms with Gasteiger partial charge in [0.15, 0.2) is 5.03 Å². The van der Waals surface area contributed by atoms with Gasteiger partial charge in [-0.05, 0) is 19.1 Å². The number of hydrogen-bond acceptors (Lipinski definition) is 7. The van der Waals surface area contributed by atoms with Crippen molar-refractivity contribution in [2.24, 2.45) is 5.10 Å². The van der Waals surface area contributed by atoms with Crippen molar-refractivity contribution in [2.75, 3.05) is 17.5 Å². The van der Waals surface area contributed by atoms with Crippen molar-refractivity contribution >= 4 is 23.1 Å². The van der Waals surface area contributed by atoms with Crippen LogP contribution < -0.4 is 10.9 Å². The lowest BCUT2D eigenvalue weighted by atomic mass is 10.3. The number of nitrogens with zero attached hydrogens (tertiary/aromatic N) is 3. The second-order valence-electron chi connectivity index (χ2n) is 3.32. The third kappa shape index (κ3) is 4.26. The number of carbonyl (C=O) groups is 1. The second-order valence-corrected chi connectivity index (χ2v) is 3.32. The Bertz CT molecular complexity index is 578. The first-order valence-electron chi connectivity index (χ1n) is 5.49. The molecule has 20 heavy (non-hydrogen) atoms. The molecule has 0 aliphatic carbocycles. The van der Waals surface area contributed by atoms with Gasteiger partial charge in [-0.15, -0.1) is 5.43 Å². The molecular weight excluding hydrogens is 266 g/mol. The van der Waals surface area contributed by atoms with Crippen molar-refractivity contribution < 1.29 is 14.6 Å². The molecule has 0 saturated carbocycles. The summed E-state index contributed by atoms with van der Waals surface area (Å²) in [5.41, 5.74) is 4.26. The number of esters is 1. The first-order valence-corrected chi connectivity index (χ1v) is 5.49.